The molecule has 0 aromatic rings. The molecule has 1 saturated carbocycles. The van der Waals surface area contributed by atoms with Crippen molar-refractivity contribution >= 4 is 17.9 Å². The molecule has 0 unspecified atom stereocenters. The molecule has 31 heavy (non-hydrogen) atoms. The standard InChI is InChI=1S/C25H32O6/c1-15(26)29-14-25-12-9-19(30-16(2)27)13-18(25)5-6-20-21-7-8-23(31-17(3)28)24(21,4)11-10-22(20)25/h5-6,13,19,22-23H,7-12,14H2,1-4H3/t19-,22-,23-,24-,25+/m0/s1. The van der Waals surface area contributed by atoms with Crippen molar-refractivity contribution in [3.8, 4) is 0 Å². The van der Waals surface area contributed by atoms with Crippen LogP contribution in [0.15, 0.2) is 34.9 Å². The quantitative estimate of drug-likeness (QED) is 0.493. The van der Waals surface area contributed by atoms with Crippen molar-refractivity contribution in [3.63, 3.8) is 0 Å². The van der Waals surface area contributed by atoms with Gasteiger partial charge in [0, 0.05) is 31.6 Å². The van der Waals surface area contributed by atoms with Gasteiger partial charge in [0.2, 0.25) is 0 Å². The zero-order valence-corrected chi connectivity index (χ0v) is 18.9. The van der Waals surface area contributed by atoms with E-state index in [0.29, 0.717) is 13.0 Å². The molecule has 6 heteroatoms. The summed E-state index contributed by atoms with van der Waals surface area (Å²) >= 11 is 0. The molecule has 0 heterocycles. The summed E-state index contributed by atoms with van der Waals surface area (Å²) in [5.41, 5.74) is 3.35. The molecule has 0 bridgehead atoms. The highest BCUT2D eigenvalue weighted by Crippen LogP contribution is 2.61. The lowest BCUT2D eigenvalue weighted by Gasteiger charge is -2.52. The molecule has 168 valence electrons. The van der Waals surface area contributed by atoms with E-state index in [1.54, 1.807) is 0 Å². The number of rotatable bonds is 4. The van der Waals surface area contributed by atoms with E-state index in [0.717, 1.165) is 37.7 Å². The summed E-state index contributed by atoms with van der Waals surface area (Å²) in [5, 5.41) is 0. The Morgan fingerprint density at radius 2 is 1.71 bits per heavy atom. The topological polar surface area (TPSA) is 78.9 Å². The number of hydrogen-bond acceptors (Lipinski definition) is 6. The van der Waals surface area contributed by atoms with Gasteiger partial charge < -0.3 is 14.2 Å². The molecular formula is C25H32O6. The van der Waals surface area contributed by atoms with E-state index in [2.05, 4.69) is 19.1 Å². The molecule has 0 aromatic heterocycles. The van der Waals surface area contributed by atoms with Gasteiger partial charge in [-0.1, -0.05) is 24.6 Å². The summed E-state index contributed by atoms with van der Waals surface area (Å²) in [4.78, 5) is 34.8. The lowest BCUT2D eigenvalue weighted by Crippen LogP contribution is -2.47. The number of hydrogen-bond donors (Lipinski definition) is 0. The third kappa shape index (κ3) is 3.74. The van der Waals surface area contributed by atoms with E-state index in [1.807, 2.05) is 6.08 Å². The van der Waals surface area contributed by atoms with E-state index in [-0.39, 0.29) is 46.9 Å². The molecule has 4 rings (SSSR count). The maximum absolute atomic E-state index is 11.7. The highest BCUT2D eigenvalue weighted by molar-refractivity contribution is 5.67. The van der Waals surface area contributed by atoms with Gasteiger partial charge in [-0.05, 0) is 61.7 Å². The van der Waals surface area contributed by atoms with Crippen LogP contribution < -0.4 is 0 Å². The average Bonchev–Trinajstić information content (AvgIpc) is 3.01. The van der Waals surface area contributed by atoms with Crippen molar-refractivity contribution in [3.05, 3.63) is 34.9 Å². The van der Waals surface area contributed by atoms with Crippen molar-refractivity contribution in [2.24, 2.45) is 16.7 Å². The fraction of sp³-hybridized carbons (Fsp3) is 0.640. The van der Waals surface area contributed by atoms with Crippen molar-refractivity contribution in [1.29, 1.82) is 0 Å². The van der Waals surface area contributed by atoms with Crippen LogP contribution in [0.2, 0.25) is 0 Å². The molecule has 4 aliphatic rings. The fourth-order valence-corrected chi connectivity index (χ4v) is 6.41. The summed E-state index contributed by atoms with van der Waals surface area (Å²) in [5.74, 6) is -0.552. The van der Waals surface area contributed by atoms with Gasteiger partial charge >= 0.3 is 17.9 Å². The van der Waals surface area contributed by atoms with Gasteiger partial charge in [0.05, 0.1) is 0 Å². The van der Waals surface area contributed by atoms with Crippen LogP contribution in [0.4, 0.5) is 0 Å². The van der Waals surface area contributed by atoms with Crippen LogP contribution in [0, 0.1) is 16.7 Å². The second-order valence-electron chi connectivity index (χ2n) is 9.66. The lowest BCUT2D eigenvalue weighted by molar-refractivity contribution is -0.151. The first-order valence-electron chi connectivity index (χ1n) is 11.3. The van der Waals surface area contributed by atoms with Gasteiger partial charge in [-0.25, -0.2) is 0 Å². The largest absolute Gasteiger partial charge is 0.465 e. The Morgan fingerprint density at radius 3 is 2.39 bits per heavy atom. The highest BCUT2D eigenvalue weighted by Gasteiger charge is 2.55. The molecule has 0 saturated heterocycles. The molecular weight excluding hydrogens is 396 g/mol. The van der Waals surface area contributed by atoms with Gasteiger partial charge in [-0.15, -0.1) is 0 Å². The van der Waals surface area contributed by atoms with E-state index >= 15 is 0 Å². The van der Waals surface area contributed by atoms with Crippen LogP contribution in [-0.2, 0) is 28.6 Å². The monoisotopic (exact) mass is 428 g/mol. The molecule has 0 amide bonds. The zero-order chi connectivity index (χ0) is 22.4. The van der Waals surface area contributed by atoms with E-state index < -0.39 is 0 Å². The van der Waals surface area contributed by atoms with Gasteiger partial charge in [-0.3, -0.25) is 14.4 Å². The lowest BCUT2D eigenvalue weighted by atomic mass is 9.54. The summed E-state index contributed by atoms with van der Waals surface area (Å²) in [7, 11) is 0. The predicted molar refractivity (Wildman–Crippen MR) is 114 cm³/mol. The second kappa shape index (κ2) is 7.95. The predicted octanol–water partition coefficient (Wildman–Crippen LogP) is 4.20. The van der Waals surface area contributed by atoms with Gasteiger partial charge in [-0.2, -0.15) is 0 Å². The Labute approximate surface area is 183 Å². The molecule has 0 radical (unpaired) electrons. The first-order chi connectivity index (χ1) is 14.7. The number of esters is 3. The molecule has 4 aliphatic carbocycles. The number of fused-ring (bicyclic) bond motifs is 4. The molecule has 6 nitrogen and oxygen atoms in total. The molecule has 1 fully saturated rings. The minimum atomic E-state index is -0.305. The average molecular weight is 429 g/mol. The third-order valence-electron chi connectivity index (χ3n) is 7.82. The van der Waals surface area contributed by atoms with Gasteiger partial charge in [0.15, 0.2) is 0 Å². The third-order valence-corrected chi connectivity index (χ3v) is 7.82. The highest BCUT2D eigenvalue weighted by atomic mass is 16.5. The maximum Gasteiger partial charge on any atom is 0.303 e. The number of ether oxygens (including phenoxy) is 3. The van der Waals surface area contributed by atoms with E-state index in [1.165, 1.54) is 31.9 Å². The Hall–Kier alpha value is -2.37. The maximum atomic E-state index is 11.7. The summed E-state index contributed by atoms with van der Waals surface area (Å²) < 4.78 is 16.8. The SMILES string of the molecule is CC(=O)OC[C@]12CC[C@H](OC(C)=O)C=C1C=CC1=C3CC[C@H](OC(C)=O)[C@@]3(C)CC[C@@H]12. The van der Waals surface area contributed by atoms with E-state index in [4.69, 9.17) is 14.2 Å². The smallest absolute Gasteiger partial charge is 0.303 e. The van der Waals surface area contributed by atoms with Crippen molar-refractivity contribution in [2.45, 2.75) is 78.4 Å². The van der Waals surface area contributed by atoms with Crippen LogP contribution >= 0.6 is 0 Å². The Morgan fingerprint density at radius 1 is 0.968 bits per heavy atom. The minimum Gasteiger partial charge on any atom is -0.465 e. The molecule has 0 spiro atoms. The number of carbonyl (C=O) groups excluding carboxylic acids is 3. The van der Waals surface area contributed by atoms with Crippen LogP contribution in [0.5, 0.6) is 0 Å². The zero-order valence-electron chi connectivity index (χ0n) is 18.9. The summed E-state index contributed by atoms with van der Waals surface area (Å²) in [6, 6.07) is 0. The van der Waals surface area contributed by atoms with Crippen LogP contribution in [-0.4, -0.2) is 36.7 Å². The normalized spacial score (nSPS) is 36.0. The number of allylic oxidation sites excluding steroid dienone is 3. The van der Waals surface area contributed by atoms with Crippen LogP contribution in [0.1, 0.15) is 66.2 Å². The van der Waals surface area contributed by atoms with Crippen molar-refractivity contribution < 1.29 is 28.6 Å². The van der Waals surface area contributed by atoms with E-state index in [9.17, 15) is 14.4 Å². The molecule has 0 aliphatic heterocycles. The Kier molecular flexibility index (Phi) is 5.61. The first-order valence-corrected chi connectivity index (χ1v) is 11.3. The Bertz CT molecular complexity index is 896. The minimum absolute atomic E-state index is 0.0806. The van der Waals surface area contributed by atoms with Crippen molar-refractivity contribution in [1.82, 2.24) is 0 Å². The second-order valence-corrected chi connectivity index (χ2v) is 9.66. The molecule has 0 N–H and O–H groups in total. The number of carbonyl (C=O) groups is 3. The first kappa shape index (κ1) is 21.8. The van der Waals surface area contributed by atoms with Crippen LogP contribution in [0.3, 0.4) is 0 Å². The summed E-state index contributed by atoms with van der Waals surface area (Å²) in [6.45, 7) is 6.91. The van der Waals surface area contributed by atoms with Gasteiger partial charge in [0.25, 0.3) is 0 Å². The summed E-state index contributed by atoms with van der Waals surface area (Å²) in [6.07, 6.45) is 11.2. The van der Waals surface area contributed by atoms with Crippen molar-refractivity contribution in [2.75, 3.05) is 6.61 Å². The Balaban J connectivity index is 1.75. The van der Waals surface area contributed by atoms with Gasteiger partial charge in [0.1, 0.15) is 18.8 Å². The van der Waals surface area contributed by atoms with Crippen LogP contribution in [0.25, 0.3) is 0 Å². The molecule has 0 aromatic carbocycles. The fourth-order valence-electron chi connectivity index (χ4n) is 6.41. The molecule has 5 atom stereocenters.